The van der Waals surface area contributed by atoms with E-state index in [1.165, 1.54) is 11.1 Å². The molecule has 0 fully saturated rings. The van der Waals surface area contributed by atoms with E-state index in [2.05, 4.69) is 33.8 Å². The summed E-state index contributed by atoms with van der Waals surface area (Å²) in [7, 11) is 0. The molecule has 96 valence electrons. The Balaban J connectivity index is 1.65. The maximum absolute atomic E-state index is 11.9. The number of nitrogens with one attached hydrogen (secondary N) is 2. The first-order chi connectivity index (χ1) is 9.33. The van der Waals surface area contributed by atoms with Crippen molar-refractivity contribution < 1.29 is 4.79 Å². The van der Waals surface area contributed by atoms with Crippen LogP contribution in [0.2, 0.25) is 0 Å². The van der Waals surface area contributed by atoms with Crippen LogP contribution < -0.4 is 10.6 Å². The van der Waals surface area contributed by atoms with E-state index >= 15 is 0 Å². The molecule has 0 saturated carbocycles. The second kappa shape index (κ2) is 5.20. The fourth-order valence-corrected chi connectivity index (χ4v) is 2.23. The maximum atomic E-state index is 11.9. The zero-order valence-corrected chi connectivity index (χ0v) is 10.5. The zero-order valence-electron chi connectivity index (χ0n) is 10.5. The van der Waals surface area contributed by atoms with Gasteiger partial charge in [-0.15, -0.1) is 0 Å². The summed E-state index contributed by atoms with van der Waals surface area (Å²) >= 11 is 0. The molecule has 0 saturated heterocycles. The highest BCUT2D eigenvalue weighted by atomic mass is 16.1. The van der Waals surface area contributed by atoms with E-state index in [-0.39, 0.29) is 5.91 Å². The number of carbonyl (C=O) groups excluding carboxylic acids is 1. The molecule has 1 aliphatic heterocycles. The summed E-state index contributed by atoms with van der Waals surface area (Å²) in [5, 5.41) is 6.19. The average molecular weight is 253 g/mol. The third-order valence-corrected chi connectivity index (χ3v) is 3.25. The van der Waals surface area contributed by atoms with E-state index < -0.39 is 0 Å². The molecular weight excluding hydrogens is 238 g/mol. The monoisotopic (exact) mass is 253 g/mol. The Hall–Kier alpha value is -2.20. The molecule has 0 atom stereocenters. The lowest BCUT2D eigenvalue weighted by Crippen LogP contribution is -2.23. The van der Waals surface area contributed by atoms with Crippen molar-refractivity contribution in [2.75, 3.05) is 0 Å². The van der Waals surface area contributed by atoms with Crippen molar-refractivity contribution in [1.82, 2.24) is 15.6 Å². The topological polar surface area (TPSA) is 54.0 Å². The zero-order chi connectivity index (χ0) is 13.1. The number of amides is 1. The Labute approximate surface area is 111 Å². The third kappa shape index (κ3) is 2.63. The molecule has 1 aromatic heterocycles. The predicted molar refractivity (Wildman–Crippen MR) is 72.4 cm³/mol. The van der Waals surface area contributed by atoms with Gasteiger partial charge in [-0.05, 0) is 28.8 Å². The number of pyridine rings is 1. The molecule has 1 aromatic carbocycles. The van der Waals surface area contributed by atoms with Crippen LogP contribution in [-0.2, 0) is 19.6 Å². The Morgan fingerprint density at radius 1 is 1.21 bits per heavy atom. The van der Waals surface area contributed by atoms with E-state index in [0.717, 1.165) is 18.7 Å². The van der Waals surface area contributed by atoms with Gasteiger partial charge in [0.05, 0.1) is 0 Å². The van der Waals surface area contributed by atoms with Crippen molar-refractivity contribution in [2.24, 2.45) is 0 Å². The minimum absolute atomic E-state index is 0.140. The molecule has 0 unspecified atom stereocenters. The standard InChI is InChI=1S/C15H15N3O/c19-15(14-3-1-2-6-17-14)18-8-11-4-5-12-9-16-10-13(12)7-11/h1-7,16H,8-10H2,(H,18,19). The van der Waals surface area contributed by atoms with Gasteiger partial charge in [0, 0.05) is 25.8 Å². The lowest BCUT2D eigenvalue weighted by molar-refractivity contribution is 0.0946. The van der Waals surface area contributed by atoms with Gasteiger partial charge in [-0.2, -0.15) is 0 Å². The average Bonchev–Trinajstić information content (AvgIpc) is 2.93. The quantitative estimate of drug-likeness (QED) is 0.874. The summed E-state index contributed by atoms with van der Waals surface area (Å²) in [6.45, 7) is 2.38. The van der Waals surface area contributed by atoms with E-state index in [4.69, 9.17) is 0 Å². The Morgan fingerprint density at radius 2 is 2.11 bits per heavy atom. The number of fused-ring (bicyclic) bond motifs is 1. The van der Waals surface area contributed by atoms with Crippen molar-refractivity contribution in [2.45, 2.75) is 19.6 Å². The Bertz CT molecular complexity index is 596. The van der Waals surface area contributed by atoms with Crippen LogP contribution in [0.1, 0.15) is 27.2 Å². The van der Waals surface area contributed by atoms with Gasteiger partial charge in [0.1, 0.15) is 5.69 Å². The van der Waals surface area contributed by atoms with E-state index in [1.807, 2.05) is 6.07 Å². The summed E-state index contributed by atoms with van der Waals surface area (Å²) < 4.78 is 0. The predicted octanol–water partition coefficient (Wildman–Crippen LogP) is 1.61. The molecule has 1 amide bonds. The molecular formula is C15H15N3O. The smallest absolute Gasteiger partial charge is 0.270 e. The van der Waals surface area contributed by atoms with E-state index in [1.54, 1.807) is 18.3 Å². The van der Waals surface area contributed by atoms with Gasteiger partial charge in [-0.25, -0.2) is 0 Å². The third-order valence-electron chi connectivity index (χ3n) is 3.25. The number of benzene rings is 1. The summed E-state index contributed by atoms with van der Waals surface area (Å²) in [5.74, 6) is -0.140. The number of nitrogens with zero attached hydrogens (tertiary/aromatic N) is 1. The van der Waals surface area contributed by atoms with Crippen LogP contribution in [0.4, 0.5) is 0 Å². The summed E-state index contributed by atoms with van der Waals surface area (Å²) in [4.78, 5) is 15.9. The second-order valence-electron chi connectivity index (χ2n) is 4.60. The van der Waals surface area contributed by atoms with E-state index in [9.17, 15) is 4.79 Å². The highest BCUT2D eigenvalue weighted by Crippen LogP contribution is 2.16. The van der Waals surface area contributed by atoms with Crippen LogP contribution in [0, 0.1) is 0 Å². The van der Waals surface area contributed by atoms with Gasteiger partial charge in [-0.3, -0.25) is 9.78 Å². The summed E-state index contributed by atoms with van der Waals surface area (Å²) in [6, 6.07) is 11.6. The first kappa shape index (κ1) is 11.9. The lowest BCUT2D eigenvalue weighted by atomic mass is 10.1. The molecule has 19 heavy (non-hydrogen) atoms. The number of carbonyl (C=O) groups is 1. The number of hydrogen-bond donors (Lipinski definition) is 2. The van der Waals surface area contributed by atoms with Gasteiger partial charge < -0.3 is 10.6 Å². The fourth-order valence-electron chi connectivity index (χ4n) is 2.23. The fraction of sp³-hybridized carbons (Fsp3) is 0.200. The summed E-state index contributed by atoms with van der Waals surface area (Å²) in [5.41, 5.74) is 4.24. The van der Waals surface area contributed by atoms with Gasteiger partial charge in [0.25, 0.3) is 5.91 Å². The molecule has 4 heteroatoms. The van der Waals surface area contributed by atoms with Crippen molar-refractivity contribution in [1.29, 1.82) is 0 Å². The van der Waals surface area contributed by atoms with Crippen molar-refractivity contribution >= 4 is 5.91 Å². The molecule has 0 bridgehead atoms. The molecule has 2 heterocycles. The Morgan fingerprint density at radius 3 is 2.95 bits per heavy atom. The molecule has 0 spiro atoms. The molecule has 0 radical (unpaired) electrons. The first-order valence-electron chi connectivity index (χ1n) is 6.33. The van der Waals surface area contributed by atoms with Crippen molar-refractivity contribution in [3.8, 4) is 0 Å². The van der Waals surface area contributed by atoms with Crippen LogP contribution in [0.15, 0.2) is 42.6 Å². The number of hydrogen-bond acceptors (Lipinski definition) is 3. The minimum atomic E-state index is -0.140. The van der Waals surface area contributed by atoms with Crippen LogP contribution in [0.5, 0.6) is 0 Å². The van der Waals surface area contributed by atoms with Crippen molar-refractivity contribution in [3.63, 3.8) is 0 Å². The summed E-state index contributed by atoms with van der Waals surface area (Å²) in [6.07, 6.45) is 1.62. The number of rotatable bonds is 3. The minimum Gasteiger partial charge on any atom is -0.347 e. The highest BCUT2D eigenvalue weighted by molar-refractivity contribution is 5.92. The molecule has 0 aliphatic carbocycles. The Kier molecular flexibility index (Phi) is 3.25. The molecule has 2 aromatic rings. The molecule has 2 N–H and O–H groups in total. The SMILES string of the molecule is O=C(NCc1ccc2c(c1)CNC2)c1ccccn1. The first-order valence-corrected chi connectivity index (χ1v) is 6.33. The van der Waals surface area contributed by atoms with Crippen LogP contribution >= 0.6 is 0 Å². The van der Waals surface area contributed by atoms with Crippen molar-refractivity contribution in [3.05, 3.63) is 65.0 Å². The van der Waals surface area contributed by atoms with Crippen LogP contribution in [-0.4, -0.2) is 10.9 Å². The van der Waals surface area contributed by atoms with E-state index in [0.29, 0.717) is 12.2 Å². The normalized spacial score (nSPS) is 13.1. The lowest BCUT2D eigenvalue weighted by Gasteiger charge is -2.06. The molecule has 1 aliphatic rings. The van der Waals surface area contributed by atoms with Gasteiger partial charge in [-0.1, -0.05) is 24.3 Å². The second-order valence-corrected chi connectivity index (χ2v) is 4.60. The molecule has 4 nitrogen and oxygen atoms in total. The highest BCUT2D eigenvalue weighted by Gasteiger charge is 2.11. The van der Waals surface area contributed by atoms with Gasteiger partial charge >= 0.3 is 0 Å². The van der Waals surface area contributed by atoms with Gasteiger partial charge in [0.15, 0.2) is 0 Å². The maximum Gasteiger partial charge on any atom is 0.270 e. The van der Waals surface area contributed by atoms with Crippen LogP contribution in [0.25, 0.3) is 0 Å². The molecule has 3 rings (SSSR count). The van der Waals surface area contributed by atoms with Crippen LogP contribution in [0.3, 0.4) is 0 Å². The van der Waals surface area contributed by atoms with Gasteiger partial charge in [0.2, 0.25) is 0 Å². The number of aromatic nitrogens is 1. The largest absolute Gasteiger partial charge is 0.347 e.